The largest absolute Gasteiger partial charge is 0.489 e. The van der Waals surface area contributed by atoms with Crippen molar-refractivity contribution in [3.8, 4) is 17.2 Å². The Hall–Kier alpha value is -2.69. The molecule has 2 aromatic rings. The van der Waals surface area contributed by atoms with Gasteiger partial charge in [-0.1, -0.05) is 19.9 Å². The van der Waals surface area contributed by atoms with Crippen molar-refractivity contribution in [3.05, 3.63) is 53.6 Å². The van der Waals surface area contributed by atoms with Gasteiger partial charge in [-0.25, -0.2) is 4.79 Å². The summed E-state index contributed by atoms with van der Waals surface area (Å²) in [7, 11) is 0. The van der Waals surface area contributed by atoms with Crippen LogP contribution < -0.4 is 14.2 Å². The molecular formula is C21H24O5. The molecule has 1 aliphatic heterocycles. The minimum absolute atomic E-state index is 0.0175. The average molecular weight is 356 g/mol. The molecule has 0 amide bonds. The van der Waals surface area contributed by atoms with Crippen LogP contribution in [-0.4, -0.2) is 25.8 Å². The normalized spacial score (nSPS) is 15.0. The van der Waals surface area contributed by atoms with E-state index in [0.717, 1.165) is 17.1 Å². The highest BCUT2D eigenvalue weighted by molar-refractivity contribution is 5.89. The first kappa shape index (κ1) is 18.1. The van der Waals surface area contributed by atoms with E-state index < -0.39 is 0 Å². The van der Waals surface area contributed by atoms with Crippen LogP contribution >= 0.6 is 0 Å². The monoisotopic (exact) mass is 356 g/mol. The highest BCUT2D eigenvalue weighted by Gasteiger charge is 2.25. The summed E-state index contributed by atoms with van der Waals surface area (Å²) in [4.78, 5) is 11.7. The molecule has 0 aromatic heterocycles. The summed E-state index contributed by atoms with van der Waals surface area (Å²) in [6.07, 6.45) is 0. The molecular weight excluding hydrogens is 332 g/mol. The van der Waals surface area contributed by atoms with E-state index in [1.54, 1.807) is 31.2 Å². The van der Waals surface area contributed by atoms with Crippen LogP contribution in [0.3, 0.4) is 0 Å². The summed E-state index contributed by atoms with van der Waals surface area (Å²) in [6.45, 7) is 8.01. The maximum Gasteiger partial charge on any atom is 0.338 e. The van der Waals surface area contributed by atoms with Gasteiger partial charge in [0.1, 0.15) is 12.4 Å². The molecule has 5 nitrogen and oxygen atoms in total. The molecule has 0 spiro atoms. The Morgan fingerprint density at radius 1 is 1.04 bits per heavy atom. The van der Waals surface area contributed by atoms with Gasteiger partial charge in [0.15, 0.2) is 11.5 Å². The summed E-state index contributed by atoms with van der Waals surface area (Å²) in [6, 6.07) is 12.7. The van der Waals surface area contributed by atoms with Gasteiger partial charge in [0.05, 0.1) is 25.4 Å². The van der Waals surface area contributed by atoms with Crippen LogP contribution in [0.1, 0.15) is 36.7 Å². The van der Waals surface area contributed by atoms with Gasteiger partial charge in [-0.15, -0.1) is 0 Å². The number of hydrogen-bond donors (Lipinski definition) is 0. The molecule has 0 N–H and O–H groups in total. The Morgan fingerprint density at radius 2 is 1.73 bits per heavy atom. The van der Waals surface area contributed by atoms with Crippen LogP contribution in [0, 0.1) is 5.41 Å². The van der Waals surface area contributed by atoms with Crippen LogP contribution in [0.4, 0.5) is 0 Å². The first-order valence-electron chi connectivity index (χ1n) is 8.75. The molecule has 0 unspecified atom stereocenters. The third kappa shape index (κ3) is 4.48. The number of benzene rings is 2. The Bertz CT molecular complexity index is 764. The summed E-state index contributed by atoms with van der Waals surface area (Å²) < 4.78 is 22.5. The quantitative estimate of drug-likeness (QED) is 0.750. The van der Waals surface area contributed by atoms with Gasteiger partial charge in [-0.3, -0.25) is 0 Å². The first-order chi connectivity index (χ1) is 12.5. The van der Waals surface area contributed by atoms with E-state index in [2.05, 4.69) is 13.8 Å². The Kier molecular flexibility index (Phi) is 5.35. The van der Waals surface area contributed by atoms with Gasteiger partial charge >= 0.3 is 5.97 Å². The maximum atomic E-state index is 11.7. The topological polar surface area (TPSA) is 54.0 Å². The predicted octanol–water partition coefficient (Wildman–Crippen LogP) is 4.24. The molecule has 1 heterocycles. The van der Waals surface area contributed by atoms with Crippen molar-refractivity contribution in [2.45, 2.75) is 27.4 Å². The van der Waals surface area contributed by atoms with Crippen LogP contribution in [0.5, 0.6) is 17.2 Å². The SMILES string of the molecule is CCOC(=O)c1ccc(OCc2ccc3c(c2)OCC(C)(C)CO3)cc1. The summed E-state index contributed by atoms with van der Waals surface area (Å²) in [5.74, 6) is 1.86. The molecule has 0 fully saturated rings. The van der Waals surface area contributed by atoms with Gasteiger partial charge in [0.2, 0.25) is 0 Å². The zero-order chi connectivity index (χ0) is 18.6. The molecule has 0 saturated heterocycles. The van der Waals surface area contributed by atoms with Crippen LogP contribution in [0.2, 0.25) is 0 Å². The van der Waals surface area contributed by atoms with Crippen molar-refractivity contribution >= 4 is 5.97 Å². The van der Waals surface area contributed by atoms with Crippen molar-refractivity contribution in [3.63, 3.8) is 0 Å². The number of ether oxygens (including phenoxy) is 4. The van der Waals surface area contributed by atoms with Crippen molar-refractivity contribution in [2.75, 3.05) is 19.8 Å². The molecule has 3 rings (SSSR count). The van der Waals surface area contributed by atoms with E-state index in [0.29, 0.717) is 37.7 Å². The molecule has 0 atom stereocenters. The lowest BCUT2D eigenvalue weighted by Gasteiger charge is -2.19. The van der Waals surface area contributed by atoms with E-state index in [1.165, 1.54) is 0 Å². The number of fused-ring (bicyclic) bond motifs is 1. The van der Waals surface area contributed by atoms with Crippen molar-refractivity contribution in [2.24, 2.45) is 5.41 Å². The first-order valence-corrected chi connectivity index (χ1v) is 8.75. The molecule has 2 aromatic carbocycles. The zero-order valence-electron chi connectivity index (χ0n) is 15.4. The van der Waals surface area contributed by atoms with Gasteiger partial charge in [-0.05, 0) is 48.9 Å². The second-order valence-electron chi connectivity index (χ2n) is 7.06. The fourth-order valence-electron chi connectivity index (χ4n) is 2.53. The minimum atomic E-state index is -0.329. The van der Waals surface area contributed by atoms with Crippen molar-refractivity contribution in [1.82, 2.24) is 0 Å². The predicted molar refractivity (Wildman–Crippen MR) is 97.9 cm³/mol. The number of carbonyl (C=O) groups is 1. The molecule has 138 valence electrons. The molecule has 0 saturated carbocycles. The lowest BCUT2D eigenvalue weighted by Crippen LogP contribution is -2.26. The minimum Gasteiger partial charge on any atom is -0.489 e. The second kappa shape index (κ2) is 7.68. The van der Waals surface area contributed by atoms with E-state index in [4.69, 9.17) is 18.9 Å². The Morgan fingerprint density at radius 3 is 2.42 bits per heavy atom. The molecule has 5 heteroatoms. The Labute approximate surface area is 153 Å². The van der Waals surface area contributed by atoms with Gasteiger partial charge in [0.25, 0.3) is 0 Å². The highest BCUT2D eigenvalue weighted by Crippen LogP contribution is 2.34. The number of esters is 1. The number of rotatable bonds is 5. The fraction of sp³-hybridized carbons (Fsp3) is 0.381. The molecule has 0 radical (unpaired) electrons. The summed E-state index contributed by atoms with van der Waals surface area (Å²) >= 11 is 0. The molecule has 1 aliphatic rings. The van der Waals surface area contributed by atoms with Gasteiger partial charge in [0, 0.05) is 5.41 Å². The third-order valence-corrected chi connectivity index (χ3v) is 4.02. The second-order valence-corrected chi connectivity index (χ2v) is 7.06. The molecule has 26 heavy (non-hydrogen) atoms. The van der Waals surface area contributed by atoms with Crippen molar-refractivity contribution < 1.29 is 23.7 Å². The average Bonchev–Trinajstić information content (AvgIpc) is 2.79. The summed E-state index contributed by atoms with van der Waals surface area (Å²) in [5, 5.41) is 0. The fourth-order valence-corrected chi connectivity index (χ4v) is 2.53. The molecule has 0 bridgehead atoms. The van der Waals surface area contributed by atoms with E-state index in [1.807, 2.05) is 18.2 Å². The smallest absolute Gasteiger partial charge is 0.338 e. The number of carbonyl (C=O) groups excluding carboxylic acids is 1. The highest BCUT2D eigenvalue weighted by atomic mass is 16.5. The third-order valence-electron chi connectivity index (χ3n) is 4.02. The standard InChI is InChI=1S/C21H24O5/c1-4-23-20(22)16-6-8-17(9-7-16)24-12-15-5-10-18-19(11-15)26-14-21(2,3)13-25-18/h5-11H,4,12-14H2,1-3H3. The van der Waals surface area contributed by atoms with Crippen molar-refractivity contribution in [1.29, 1.82) is 0 Å². The van der Waals surface area contributed by atoms with Crippen LogP contribution in [-0.2, 0) is 11.3 Å². The summed E-state index contributed by atoms with van der Waals surface area (Å²) in [5.41, 5.74) is 1.48. The van der Waals surface area contributed by atoms with Gasteiger partial charge in [-0.2, -0.15) is 0 Å². The Balaban J connectivity index is 1.62. The van der Waals surface area contributed by atoms with Crippen LogP contribution in [0.25, 0.3) is 0 Å². The lowest BCUT2D eigenvalue weighted by molar-refractivity contribution is 0.0526. The number of hydrogen-bond acceptors (Lipinski definition) is 5. The lowest BCUT2D eigenvalue weighted by atomic mass is 9.97. The van der Waals surface area contributed by atoms with E-state index in [9.17, 15) is 4.79 Å². The van der Waals surface area contributed by atoms with Crippen LogP contribution in [0.15, 0.2) is 42.5 Å². The molecule has 0 aliphatic carbocycles. The van der Waals surface area contributed by atoms with E-state index >= 15 is 0 Å². The maximum absolute atomic E-state index is 11.7. The zero-order valence-corrected chi connectivity index (χ0v) is 15.4. The van der Waals surface area contributed by atoms with Gasteiger partial charge < -0.3 is 18.9 Å². The van der Waals surface area contributed by atoms with E-state index in [-0.39, 0.29) is 11.4 Å².